The zero-order valence-corrected chi connectivity index (χ0v) is 17.7. The molecule has 0 N–H and O–H groups in total. The highest BCUT2D eigenvalue weighted by atomic mass is 79.9. The van der Waals surface area contributed by atoms with Gasteiger partial charge in [-0.25, -0.2) is 0 Å². The fourth-order valence-corrected chi connectivity index (χ4v) is 3.92. The van der Waals surface area contributed by atoms with Crippen molar-refractivity contribution in [1.29, 1.82) is 0 Å². The fourth-order valence-electron chi connectivity index (χ4n) is 2.56. The molecule has 2 aromatic carbocycles. The summed E-state index contributed by atoms with van der Waals surface area (Å²) in [6, 6.07) is 13.0. The molecule has 1 saturated heterocycles. The maximum atomic E-state index is 12.5. The second-order valence-electron chi connectivity index (χ2n) is 5.93. The first-order valence-electron chi connectivity index (χ1n) is 8.40. The molecule has 27 heavy (non-hydrogen) atoms. The topological polar surface area (TPSA) is 46.6 Å². The molecule has 0 bridgehead atoms. The van der Waals surface area contributed by atoms with Crippen LogP contribution in [0.4, 0.5) is 4.79 Å². The van der Waals surface area contributed by atoms with E-state index in [2.05, 4.69) is 15.9 Å². The number of rotatable bonds is 6. The Morgan fingerprint density at radius 1 is 1.19 bits per heavy atom. The van der Waals surface area contributed by atoms with Crippen LogP contribution in [-0.4, -0.2) is 22.6 Å². The largest absolute Gasteiger partial charge is 0.488 e. The summed E-state index contributed by atoms with van der Waals surface area (Å²) in [5, 5.41) is 0.442. The third-order valence-corrected chi connectivity index (χ3v) is 5.54. The zero-order valence-electron chi connectivity index (χ0n) is 14.6. The third kappa shape index (κ3) is 4.94. The van der Waals surface area contributed by atoms with E-state index in [1.165, 1.54) is 4.90 Å². The van der Waals surface area contributed by atoms with Crippen molar-refractivity contribution < 1.29 is 14.3 Å². The molecular formula is C20H17BrClNO3S. The molecule has 0 saturated carbocycles. The predicted octanol–water partition coefficient (Wildman–Crippen LogP) is 6.13. The smallest absolute Gasteiger partial charge is 0.293 e. The van der Waals surface area contributed by atoms with Crippen LogP contribution in [0.25, 0.3) is 6.08 Å². The molecule has 7 heteroatoms. The Labute approximate surface area is 175 Å². The highest BCUT2D eigenvalue weighted by Gasteiger charge is 2.34. The van der Waals surface area contributed by atoms with Gasteiger partial charge >= 0.3 is 0 Å². The number of hydrogen-bond donors (Lipinski definition) is 0. The SMILES string of the molecule is CCCN1C(=O)S/C(=C/c2cc(Br)ccc2OCc2ccc(Cl)cc2)C1=O. The van der Waals surface area contributed by atoms with Gasteiger partial charge in [0.15, 0.2) is 0 Å². The van der Waals surface area contributed by atoms with Gasteiger partial charge in [0.1, 0.15) is 12.4 Å². The number of thioether (sulfide) groups is 1. The molecule has 0 radical (unpaired) electrons. The highest BCUT2D eigenvalue weighted by Crippen LogP contribution is 2.35. The van der Waals surface area contributed by atoms with Gasteiger partial charge in [0.25, 0.3) is 11.1 Å². The number of benzene rings is 2. The molecule has 2 amide bonds. The summed E-state index contributed by atoms with van der Waals surface area (Å²) in [5.41, 5.74) is 1.72. The van der Waals surface area contributed by atoms with Crippen molar-refractivity contribution >= 4 is 56.5 Å². The second-order valence-corrected chi connectivity index (χ2v) is 8.28. The van der Waals surface area contributed by atoms with Crippen molar-refractivity contribution in [1.82, 2.24) is 4.90 Å². The Balaban J connectivity index is 1.83. The van der Waals surface area contributed by atoms with E-state index in [9.17, 15) is 9.59 Å². The van der Waals surface area contributed by atoms with Gasteiger partial charge < -0.3 is 4.74 Å². The van der Waals surface area contributed by atoms with E-state index in [0.29, 0.717) is 28.8 Å². The Kier molecular flexibility index (Phi) is 6.63. The first-order valence-corrected chi connectivity index (χ1v) is 10.4. The van der Waals surface area contributed by atoms with Gasteiger partial charge in [-0.05, 0) is 60.2 Å². The van der Waals surface area contributed by atoms with Crippen molar-refractivity contribution in [3.05, 3.63) is 68.0 Å². The van der Waals surface area contributed by atoms with Gasteiger partial charge in [-0.15, -0.1) is 0 Å². The lowest BCUT2D eigenvalue weighted by Gasteiger charge is -2.11. The monoisotopic (exact) mass is 465 g/mol. The highest BCUT2D eigenvalue weighted by molar-refractivity contribution is 9.10. The van der Waals surface area contributed by atoms with E-state index < -0.39 is 0 Å². The number of nitrogens with zero attached hydrogens (tertiary/aromatic N) is 1. The van der Waals surface area contributed by atoms with Crippen LogP contribution in [0.1, 0.15) is 24.5 Å². The van der Waals surface area contributed by atoms with Crippen molar-refractivity contribution in [2.45, 2.75) is 20.0 Å². The number of carbonyl (C=O) groups is 2. The summed E-state index contributed by atoms with van der Waals surface area (Å²) in [6.07, 6.45) is 2.44. The number of amides is 2. The van der Waals surface area contributed by atoms with Crippen LogP contribution in [0, 0.1) is 0 Å². The Hall–Kier alpha value is -1.76. The second kappa shape index (κ2) is 8.95. The number of imide groups is 1. The molecule has 0 unspecified atom stereocenters. The van der Waals surface area contributed by atoms with Crippen LogP contribution < -0.4 is 4.74 Å². The van der Waals surface area contributed by atoms with Gasteiger partial charge in [0.2, 0.25) is 0 Å². The lowest BCUT2D eigenvalue weighted by Crippen LogP contribution is -2.28. The van der Waals surface area contributed by atoms with Crippen LogP contribution in [0.3, 0.4) is 0 Å². The van der Waals surface area contributed by atoms with Gasteiger partial charge in [-0.2, -0.15) is 0 Å². The summed E-state index contributed by atoms with van der Waals surface area (Å²) in [5.74, 6) is 0.380. The van der Waals surface area contributed by atoms with Crippen LogP contribution in [0.15, 0.2) is 51.8 Å². The van der Waals surface area contributed by atoms with Gasteiger partial charge in [-0.1, -0.05) is 46.6 Å². The summed E-state index contributed by atoms with van der Waals surface area (Å²) >= 11 is 10.3. The summed E-state index contributed by atoms with van der Waals surface area (Å²) in [4.78, 5) is 26.2. The van der Waals surface area contributed by atoms with E-state index in [1.54, 1.807) is 6.08 Å². The first-order chi connectivity index (χ1) is 13.0. The molecule has 0 atom stereocenters. The lowest BCUT2D eigenvalue weighted by atomic mass is 10.1. The molecule has 4 nitrogen and oxygen atoms in total. The van der Waals surface area contributed by atoms with E-state index in [4.69, 9.17) is 16.3 Å². The Bertz CT molecular complexity index is 899. The van der Waals surface area contributed by atoms with Gasteiger partial charge in [0.05, 0.1) is 4.91 Å². The Morgan fingerprint density at radius 3 is 2.63 bits per heavy atom. The average Bonchev–Trinajstić information content (AvgIpc) is 2.90. The van der Waals surface area contributed by atoms with E-state index in [-0.39, 0.29) is 11.1 Å². The number of carbonyl (C=O) groups excluding carboxylic acids is 2. The molecule has 3 rings (SSSR count). The molecule has 1 aliphatic rings. The molecule has 1 aliphatic heterocycles. The van der Waals surface area contributed by atoms with Crippen molar-refractivity contribution in [2.24, 2.45) is 0 Å². The maximum absolute atomic E-state index is 12.5. The minimum absolute atomic E-state index is 0.230. The molecule has 1 heterocycles. The summed E-state index contributed by atoms with van der Waals surface area (Å²) < 4.78 is 6.80. The van der Waals surface area contributed by atoms with E-state index in [0.717, 1.165) is 33.8 Å². The van der Waals surface area contributed by atoms with Gasteiger partial charge in [0, 0.05) is 21.6 Å². The normalized spacial score (nSPS) is 15.7. The molecule has 140 valence electrons. The van der Waals surface area contributed by atoms with Crippen molar-refractivity contribution in [3.63, 3.8) is 0 Å². The number of halogens is 2. The van der Waals surface area contributed by atoms with E-state index >= 15 is 0 Å². The fraction of sp³-hybridized carbons (Fsp3) is 0.200. The van der Waals surface area contributed by atoms with Gasteiger partial charge in [-0.3, -0.25) is 14.5 Å². The maximum Gasteiger partial charge on any atom is 0.293 e. The number of hydrogen-bond acceptors (Lipinski definition) is 4. The lowest BCUT2D eigenvalue weighted by molar-refractivity contribution is -0.122. The van der Waals surface area contributed by atoms with E-state index in [1.807, 2.05) is 49.4 Å². The summed E-state index contributed by atoms with van der Waals surface area (Å²) in [6.45, 7) is 2.74. The van der Waals surface area contributed by atoms with Crippen molar-refractivity contribution in [2.75, 3.05) is 6.54 Å². The van der Waals surface area contributed by atoms with Crippen molar-refractivity contribution in [3.8, 4) is 5.75 Å². The summed E-state index contributed by atoms with van der Waals surface area (Å²) in [7, 11) is 0. The quantitative estimate of drug-likeness (QED) is 0.481. The minimum Gasteiger partial charge on any atom is -0.488 e. The predicted molar refractivity (Wildman–Crippen MR) is 113 cm³/mol. The molecule has 0 spiro atoms. The van der Waals surface area contributed by atoms with Crippen LogP contribution in [-0.2, 0) is 11.4 Å². The van der Waals surface area contributed by atoms with Crippen LogP contribution in [0.5, 0.6) is 5.75 Å². The Morgan fingerprint density at radius 2 is 1.93 bits per heavy atom. The standard InChI is InChI=1S/C20H17BrClNO3S/c1-2-9-23-19(24)18(27-20(23)25)11-14-10-15(21)5-8-17(14)26-12-13-3-6-16(22)7-4-13/h3-8,10-11H,2,9,12H2,1H3/b18-11+. The number of ether oxygens (including phenoxy) is 1. The molecular weight excluding hydrogens is 450 g/mol. The minimum atomic E-state index is -0.254. The molecule has 2 aromatic rings. The third-order valence-electron chi connectivity index (χ3n) is 3.89. The molecule has 0 aliphatic carbocycles. The zero-order chi connectivity index (χ0) is 19.4. The first kappa shape index (κ1) is 20.0. The van der Waals surface area contributed by atoms with Crippen LogP contribution in [0.2, 0.25) is 5.02 Å². The molecule has 1 fully saturated rings. The molecule has 0 aromatic heterocycles. The van der Waals surface area contributed by atoms with Crippen LogP contribution >= 0.6 is 39.3 Å². The average molecular weight is 467 g/mol.